The molecule has 4 heteroatoms. The fourth-order valence-electron chi connectivity index (χ4n) is 2.14. The minimum absolute atomic E-state index is 0.769. The molecule has 2 aromatic heterocycles. The number of hydrogen-bond acceptors (Lipinski definition) is 4. The quantitative estimate of drug-likeness (QED) is 0.599. The van der Waals surface area contributed by atoms with Crippen LogP contribution in [0.15, 0.2) is 40.3 Å². The highest BCUT2D eigenvalue weighted by Crippen LogP contribution is 2.31. The molecule has 0 N–H and O–H groups in total. The molecule has 18 heavy (non-hydrogen) atoms. The second-order valence-electron chi connectivity index (χ2n) is 4.03. The number of hydrogen-bond donors (Lipinski definition) is 0. The molecule has 0 unspecified atom stereocenters. The Bertz CT molecular complexity index is 867. The maximum absolute atomic E-state index is 5.79. The lowest BCUT2D eigenvalue weighted by atomic mass is 10.1. The summed E-state index contributed by atoms with van der Waals surface area (Å²) in [5.41, 5.74) is 2.71. The van der Waals surface area contributed by atoms with Crippen molar-refractivity contribution in [3.63, 3.8) is 0 Å². The van der Waals surface area contributed by atoms with Gasteiger partial charge in [-0.05, 0) is 18.0 Å². The summed E-state index contributed by atoms with van der Waals surface area (Å²) in [6, 6.07) is 3.97. The van der Waals surface area contributed by atoms with Gasteiger partial charge in [0.15, 0.2) is 0 Å². The summed E-state index contributed by atoms with van der Waals surface area (Å²) in [5.74, 6) is 3.57. The Morgan fingerprint density at radius 2 is 2.22 bits per heavy atom. The van der Waals surface area contributed by atoms with E-state index < -0.39 is 0 Å². The van der Waals surface area contributed by atoms with Crippen molar-refractivity contribution < 1.29 is 4.42 Å². The summed E-state index contributed by atoms with van der Waals surface area (Å²) in [5, 5.41) is 2.04. The van der Waals surface area contributed by atoms with Crippen LogP contribution in [0.3, 0.4) is 0 Å². The summed E-state index contributed by atoms with van der Waals surface area (Å²) in [6.07, 6.45) is 8.71. The van der Waals surface area contributed by atoms with E-state index in [2.05, 4.69) is 20.8 Å². The second-order valence-corrected chi connectivity index (χ2v) is 4.03. The van der Waals surface area contributed by atoms with Crippen molar-refractivity contribution in [2.24, 2.45) is 4.99 Å². The van der Waals surface area contributed by atoms with Gasteiger partial charge in [0.1, 0.15) is 17.7 Å². The van der Waals surface area contributed by atoms with Crippen LogP contribution in [0.25, 0.3) is 34.0 Å². The highest BCUT2D eigenvalue weighted by molar-refractivity contribution is 6.01. The van der Waals surface area contributed by atoms with E-state index in [1.54, 1.807) is 18.5 Å². The van der Waals surface area contributed by atoms with Gasteiger partial charge in [0, 0.05) is 40.9 Å². The largest absolute Gasteiger partial charge is 0.455 e. The third-order valence-corrected chi connectivity index (χ3v) is 2.97. The topological polar surface area (TPSA) is 51.3 Å². The molecule has 1 aromatic carbocycles. The van der Waals surface area contributed by atoms with Crippen molar-refractivity contribution in [3.05, 3.63) is 42.2 Å². The van der Waals surface area contributed by atoms with Crippen LogP contribution in [0.2, 0.25) is 0 Å². The monoisotopic (exact) mass is 233 g/mol. The molecule has 0 saturated heterocycles. The maximum Gasteiger partial charge on any atom is 0.144 e. The molecule has 0 aliphatic carbocycles. The Balaban J connectivity index is 2.17. The van der Waals surface area contributed by atoms with Crippen LogP contribution in [0.4, 0.5) is 0 Å². The molecular weight excluding hydrogens is 226 g/mol. The molecule has 1 aliphatic heterocycles. The maximum atomic E-state index is 5.79. The third kappa shape index (κ3) is 1.24. The molecular formula is C14H7N3O. The van der Waals surface area contributed by atoms with Gasteiger partial charge in [-0.3, -0.25) is 0 Å². The molecule has 4 nitrogen and oxygen atoms in total. The lowest BCUT2D eigenvalue weighted by Gasteiger charge is -1.95. The van der Waals surface area contributed by atoms with Crippen molar-refractivity contribution in [1.82, 2.24) is 9.97 Å². The van der Waals surface area contributed by atoms with Crippen LogP contribution in [-0.4, -0.2) is 15.8 Å². The van der Waals surface area contributed by atoms with E-state index in [-0.39, 0.29) is 0 Å². The van der Waals surface area contributed by atoms with Gasteiger partial charge >= 0.3 is 0 Å². The number of nitrogens with zero attached hydrogens (tertiary/aromatic N) is 3. The summed E-state index contributed by atoms with van der Waals surface area (Å²) in [4.78, 5) is 12.2. The van der Waals surface area contributed by atoms with Crippen LogP contribution in [0.5, 0.6) is 0 Å². The van der Waals surface area contributed by atoms with Crippen LogP contribution in [0, 0.1) is 0 Å². The first-order valence-corrected chi connectivity index (χ1v) is 5.53. The van der Waals surface area contributed by atoms with Crippen LogP contribution >= 0.6 is 0 Å². The molecule has 4 rings (SSSR count). The van der Waals surface area contributed by atoms with Crippen LogP contribution < -0.4 is 0 Å². The number of benzene rings is 1. The van der Waals surface area contributed by atoms with E-state index >= 15 is 0 Å². The van der Waals surface area contributed by atoms with Gasteiger partial charge in [-0.1, -0.05) is 0 Å². The standard InChI is InChI=1S/C14H7N3O/c1-3-15-4-2-13-10(1)11-5-9-7-16-8-17-12(9)6-14(11)18-13/h1-3,5-8H. The molecule has 3 aromatic rings. The number of aliphatic imine (C=N–C) groups is 1. The van der Waals surface area contributed by atoms with E-state index in [9.17, 15) is 0 Å². The predicted molar refractivity (Wildman–Crippen MR) is 70.2 cm³/mol. The predicted octanol–water partition coefficient (Wildman–Crippen LogP) is 3.04. The fraction of sp³-hybridized carbons (Fsp3) is 0. The first kappa shape index (κ1) is 9.33. The molecule has 0 spiro atoms. The summed E-state index contributed by atoms with van der Waals surface area (Å²) < 4.78 is 5.79. The number of aromatic nitrogens is 2. The Morgan fingerprint density at radius 3 is 3.22 bits per heavy atom. The second kappa shape index (κ2) is 3.39. The lowest BCUT2D eigenvalue weighted by Crippen LogP contribution is -1.80. The zero-order valence-corrected chi connectivity index (χ0v) is 9.29. The first-order valence-electron chi connectivity index (χ1n) is 5.53. The van der Waals surface area contributed by atoms with Crippen molar-refractivity contribution in [1.29, 1.82) is 0 Å². The molecule has 0 radical (unpaired) electrons. The molecule has 0 saturated carbocycles. The SMILES string of the molecule is C1=Cc2oc3cc4ncncc4cc3c2C=CN=1. The molecule has 3 heterocycles. The van der Waals surface area contributed by atoms with Gasteiger partial charge in [-0.25, -0.2) is 15.0 Å². The molecule has 84 valence electrons. The summed E-state index contributed by atoms with van der Waals surface area (Å²) >= 11 is 0. The molecule has 1 aliphatic rings. The number of fused-ring (bicyclic) bond motifs is 4. The van der Waals surface area contributed by atoms with Gasteiger partial charge in [0.2, 0.25) is 0 Å². The highest BCUT2D eigenvalue weighted by atomic mass is 16.3. The number of furan rings is 1. The van der Waals surface area contributed by atoms with Crippen LogP contribution in [0.1, 0.15) is 11.3 Å². The molecule has 0 fully saturated rings. The Morgan fingerprint density at radius 1 is 1.22 bits per heavy atom. The summed E-state index contributed by atoms with van der Waals surface area (Å²) in [7, 11) is 0. The average molecular weight is 233 g/mol. The number of rotatable bonds is 0. The van der Waals surface area contributed by atoms with E-state index in [4.69, 9.17) is 4.42 Å². The van der Waals surface area contributed by atoms with E-state index in [0.29, 0.717) is 0 Å². The van der Waals surface area contributed by atoms with Gasteiger partial charge < -0.3 is 4.42 Å². The Kier molecular flexibility index (Phi) is 1.76. The normalized spacial score (nSPS) is 13.1. The molecule has 0 atom stereocenters. The minimum atomic E-state index is 0.769. The van der Waals surface area contributed by atoms with E-state index in [1.165, 1.54) is 6.33 Å². The fourth-order valence-corrected chi connectivity index (χ4v) is 2.14. The first-order chi connectivity index (χ1) is 8.92. The van der Waals surface area contributed by atoms with Gasteiger partial charge in [-0.15, -0.1) is 0 Å². The van der Waals surface area contributed by atoms with Crippen molar-refractivity contribution in [3.8, 4) is 0 Å². The summed E-state index contributed by atoms with van der Waals surface area (Å²) in [6.45, 7) is 0. The lowest BCUT2D eigenvalue weighted by molar-refractivity contribution is 0.604. The van der Waals surface area contributed by atoms with Crippen molar-refractivity contribution in [2.75, 3.05) is 0 Å². The highest BCUT2D eigenvalue weighted by Gasteiger charge is 2.12. The zero-order chi connectivity index (χ0) is 11.9. The molecule has 0 bridgehead atoms. The average Bonchev–Trinajstić information content (AvgIpc) is 2.59. The van der Waals surface area contributed by atoms with E-state index in [1.807, 2.05) is 18.2 Å². The minimum Gasteiger partial charge on any atom is -0.455 e. The Labute approximate surface area is 102 Å². The van der Waals surface area contributed by atoms with Gasteiger partial charge in [0.05, 0.1) is 5.52 Å². The van der Waals surface area contributed by atoms with Crippen LogP contribution in [-0.2, 0) is 0 Å². The van der Waals surface area contributed by atoms with Gasteiger partial charge in [0.25, 0.3) is 0 Å². The van der Waals surface area contributed by atoms with Gasteiger partial charge in [-0.2, -0.15) is 0 Å². The zero-order valence-electron chi connectivity index (χ0n) is 9.29. The smallest absolute Gasteiger partial charge is 0.144 e. The van der Waals surface area contributed by atoms with Crippen molar-refractivity contribution in [2.45, 2.75) is 0 Å². The van der Waals surface area contributed by atoms with E-state index in [0.717, 1.165) is 33.2 Å². The molecule has 0 amide bonds. The Hall–Kier alpha value is -2.71. The third-order valence-electron chi connectivity index (χ3n) is 2.97. The van der Waals surface area contributed by atoms with Crippen molar-refractivity contribution >= 4 is 39.9 Å².